The van der Waals surface area contributed by atoms with Gasteiger partial charge in [-0.15, -0.1) is 10.2 Å². The van der Waals surface area contributed by atoms with Crippen molar-refractivity contribution in [3.63, 3.8) is 0 Å². The lowest BCUT2D eigenvalue weighted by atomic mass is 10.1. The second-order valence-electron chi connectivity index (χ2n) is 7.19. The Morgan fingerprint density at radius 3 is 2.67 bits per heavy atom. The quantitative estimate of drug-likeness (QED) is 0.639. The Morgan fingerprint density at radius 1 is 1.17 bits per heavy atom. The Labute approximate surface area is 179 Å². The number of nitrogens with zero attached hydrogens (tertiary/aromatic N) is 5. The third-order valence-electron chi connectivity index (χ3n) is 4.92. The van der Waals surface area contributed by atoms with Crippen LogP contribution >= 0.6 is 11.3 Å². The third-order valence-corrected chi connectivity index (χ3v) is 5.91. The number of hydrogen-bond donors (Lipinski definition) is 1. The summed E-state index contributed by atoms with van der Waals surface area (Å²) in [6.45, 7) is 5.64. The summed E-state index contributed by atoms with van der Waals surface area (Å²) >= 11 is 1.29. The maximum Gasteiger partial charge on any atom is 0.260 e. The highest BCUT2D eigenvalue weighted by Crippen LogP contribution is 2.26. The van der Waals surface area contributed by atoms with Crippen molar-refractivity contribution in [3.8, 4) is 5.75 Å². The third kappa shape index (κ3) is 4.73. The molecule has 1 amide bonds. The Bertz CT molecular complexity index is 1000. The van der Waals surface area contributed by atoms with Gasteiger partial charge >= 0.3 is 0 Å². The van der Waals surface area contributed by atoms with Gasteiger partial charge in [0.1, 0.15) is 11.9 Å². The molecule has 0 saturated carbocycles. The number of nitrogens with one attached hydrogen (secondary N) is 1. The predicted molar refractivity (Wildman–Crippen MR) is 116 cm³/mol. The summed E-state index contributed by atoms with van der Waals surface area (Å²) in [5.41, 5.74) is 1.08. The highest BCUT2D eigenvalue weighted by Gasteiger charge is 2.19. The summed E-state index contributed by atoms with van der Waals surface area (Å²) in [6, 6.07) is 9.53. The molecule has 0 radical (unpaired) electrons. The molecule has 3 heterocycles. The average molecular weight is 425 g/mol. The molecule has 1 saturated heterocycles. The number of benzene rings is 1. The molecular formula is C21H24N6O2S. The van der Waals surface area contributed by atoms with E-state index in [4.69, 9.17) is 4.74 Å². The van der Waals surface area contributed by atoms with Gasteiger partial charge in [-0.05, 0) is 45.2 Å². The van der Waals surface area contributed by atoms with Crippen molar-refractivity contribution in [2.75, 3.05) is 23.3 Å². The number of hydrogen-bond acceptors (Lipinski definition) is 8. The summed E-state index contributed by atoms with van der Waals surface area (Å²) in [7, 11) is 0. The van der Waals surface area contributed by atoms with Crippen molar-refractivity contribution in [2.45, 2.75) is 39.2 Å². The number of anilines is 2. The van der Waals surface area contributed by atoms with E-state index in [9.17, 15) is 4.79 Å². The van der Waals surface area contributed by atoms with E-state index < -0.39 is 0 Å². The second kappa shape index (κ2) is 9.17. The van der Waals surface area contributed by atoms with Crippen LogP contribution in [0.25, 0.3) is 0 Å². The lowest BCUT2D eigenvalue weighted by molar-refractivity contribution is 0.102. The van der Waals surface area contributed by atoms with Crippen molar-refractivity contribution in [3.05, 3.63) is 52.8 Å². The van der Waals surface area contributed by atoms with Crippen molar-refractivity contribution in [1.29, 1.82) is 0 Å². The summed E-state index contributed by atoms with van der Waals surface area (Å²) in [5.74, 6) is 1.15. The zero-order valence-electron chi connectivity index (χ0n) is 17.0. The number of carbonyl (C=O) groups is 1. The van der Waals surface area contributed by atoms with Crippen LogP contribution in [0.2, 0.25) is 0 Å². The topological polar surface area (TPSA) is 93.1 Å². The molecule has 2 aromatic heterocycles. The molecule has 0 spiro atoms. The van der Waals surface area contributed by atoms with Gasteiger partial charge in [-0.3, -0.25) is 10.1 Å². The maximum absolute atomic E-state index is 12.7. The van der Waals surface area contributed by atoms with E-state index in [-0.39, 0.29) is 12.0 Å². The lowest BCUT2D eigenvalue weighted by Crippen LogP contribution is -2.31. The number of piperidine rings is 1. The summed E-state index contributed by atoms with van der Waals surface area (Å²) in [5, 5.41) is 12.1. The standard InChI is InChI=1S/C21H24N6O2S/c1-14-17(13-22-20(23-14)27-11-7-4-8-12-27)18(28)24-21-26-25-19(30-21)15(2)29-16-9-5-3-6-10-16/h3,5-6,9-10,13,15H,4,7-8,11-12H2,1-2H3,(H,24,26,28)/t15-/m0/s1. The van der Waals surface area contributed by atoms with Gasteiger partial charge in [-0.25, -0.2) is 9.97 Å². The smallest absolute Gasteiger partial charge is 0.260 e. The van der Waals surface area contributed by atoms with Crippen LogP contribution in [0, 0.1) is 6.92 Å². The molecule has 0 unspecified atom stereocenters. The molecule has 1 aliphatic heterocycles. The van der Waals surface area contributed by atoms with Crippen LogP contribution in [-0.2, 0) is 0 Å². The zero-order chi connectivity index (χ0) is 20.9. The number of rotatable bonds is 6. The fourth-order valence-electron chi connectivity index (χ4n) is 3.29. The van der Waals surface area contributed by atoms with Gasteiger partial charge < -0.3 is 9.64 Å². The van der Waals surface area contributed by atoms with Crippen LogP contribution in [-0.4, -0.2) is 39.2 Å². The second-order valence-corrected chi connectivity index (χ2v) is 8.20. The Morgan fingerprint density at radius 2 is 1.93 bits per heavy atom. The monoisotopic (exact) mass is 424 g/mol. The first kappa shape index (κ1) is 20.2. The number of aromatic nitrogens is 4. The van der Waals surface area contributed by atoms with Gasteiger partial charge in [0.2, 0.25) is 11.1 Å². The molecule has 1 N–H and O–H groups in total. The van der Waals surface area contributed by atoms with E-state index in [2.05, 4.69) is 30.4 Å². The minimum atomic E-state index is -0.294. The van der Waals surface area contributed by atoms with Crippen LogP contribution in [0.1, 0.15) is 53.3 Å². The van der Waals surface area contributed by atoms with Gasteiger partial charge in [-0.2, -0.15) is 0 Å². The van der Waals surface area contributed by atoms with E-state index in [1.54, 1.807) is 6.20 Å². The number of ether oxygens (including phenoxy) is 1. The Kier molecular flexibility index (Phi) is 6.18. The first-order valence-electron chi connectivity index (χ1n) is 10.0. The molecule has 156 valence electrons. The molecule has 0 aliphatic carbocycles. The molecule has 1 atom stereocenters. The molecule has 9 heteroatoms. The maximum atomic E-state index is 12.7. The van der Waals surface area contributed by atoms with Crippen molar-refractivity contribution < 1.29 is 9.53 Å². The fraction of sp³-hybridized carbons (Fsp3) is 0.381. The minimum absolute atomic E-state index is 0.274. The van der Waals surface area contributed by atoms with Gasteiger partial charge in [-0.1, -0.05) is 29.5 Å². The number of para-hydroxylation sites is 1. The minimum Gasteiger partial charge on any atom is -0.483 e. The van der Waals surface area contributed by atoms with Gasteiger partial charge in [0.05, 0.1) is 11.3 Å². The molecule has 4 rings (SSSR count). The lowest BCUT2D eigenvalue weighted by Gasteiger charge is -2.26. The van der Waals surface area contributed by atoms with Crippen molar-refractivity contribution in [2.24, 2.45) is 0 Å². The first-order valence-corrected chi connectivity index (χ1v) is 10.9. The molecule has 1 aromatic carbocycles. The zero-order valence-corrected chi connectivity index (χ0v) is 17.9. The summed E-state index contributed by atoms with van der Waals surface area (Å²) < 4.78 is 5.86. The van der Waals surface area contributed by atoms with Crippen LogP contribution in [0.5, 0.6) is 5.75 Å². The predicted octanol–water partition coefficient (Wildman–Crippen LogP) is 4.02. The molecule has 0 bridgehead atoms. The molecule has 1 aliphatic rings. The molecule has 1 fully saturated rings. The van der Waals surface area contributed by atoms with E-state index in [0.29, 0.717) is 27.3 Å². The molecule has 30 heavy (non-hydrogen) atoms. The molecule has 3 aromatic rings. The number of carbonyl (C=O) groups excluding carboxylic acids is 1. The number of aryl methyl sites for hydroxylation is 1. The van der Waals surface area contributed by atoms with E-state index in [1.807, 2.05) is 44.2 Å². The molecule has 8 nitrogen and oxygen atoms in total. The fourth-order valence-corrected chi connectivity index (χ4v) is 4.01. The Hall–Kier alpha value is -3.07. The van der Waals surface area contributed by atoms with Gasteiger partial charge in [0.15, 0.2) is 5.01 Å². The van der Waals surface area contributed by atoms with Crippen molar-refractivity contribution >= 4 is 28.3 Å². The summed E-state index contributed by atoms with van der Waals surface area (Å²) in [6.07, 6.45) is 4.86. The van der Waals surface area contributed by atoms with Gasteiger partial charge in [0, 0.05) is 19.3 Å². The normalized spacial score (nSPS) is 14.9. The Balaban J connectivity index is 1.40. The SMILES string of the molecule is Cc1nc(N2CCCCC2)ncc1C(=O)Nc1nnc([C@H](C)Oc2ccccc2)s1. The summed E-state index contributed by atoms with van der Waals surface area (Å²) in [4.78, 5) is 23.8. The van der Waals surface area contributed by atoms with E-state index in [0.717, 1.165) is 31.7 Å². The largest absolute Gasteiger partial charge is 0.483 e. The highest BCUT2D eigenvalue weighted by atomic mass is 32.1. The first-order chi connectivity index (χ1) is 14.6. The average Bonchev–Trinajstić information content (AvgIpc) is 3.23. The highest BCUT2D eigenvalue weighted by molar-refractivity contribution is 7.15. The van der Waals surface area contributed by atoms with Crippen molar-refractivity contribution in [1.82, 2.24) is 20.2 Å². The molecular weight excluding hydrogens is 400 g/mol. The van der Waals surface area contributed by atoms with Crippen LogP contribution < -0.4 is 15.0 Å². The van der Waals surface area contributed by atoms with E-state index >= 15 is 0 Å². The van der Waals surface area contributed by atoms with E-state index in [1.165, 1.54) is 17.8 Å². The van der Waals surface area contributed by atoms with Crippen LogP contribution in [0.4, 0.5) is 11.1 Å². The van der Waals surface area contributed by atoms with Gasteiger partial charge in [0.25, 0.3) is 5.91 Å². The van der Waals surface area contributed by atoms with Crippen LogP contribution in [0.3, 0.4) is 0 Å². The number of amides is 1. The van der Waals surface area contributed by atoms with Crippen LogP contribution in [0.15, 0.2) is 36.5 Å².